The van der Waals surface area contributed by atoms with Gasteiger partial charge in [-0.05, 0) is 156 Å². The summed E-state index contributed by atoms with van der Waals surface area (Å²) in [6, 6.07) is 32.7. The zero-order valence-corrected chi connectivity index (χ0v) is 33.4. The van der Waals surface area contributed by atoms with Crippen molar-refractivity contribution in [2.45, 2.75) is 129 Å². The van der Waals surface area contributed by atoms with E-state index in [1.807, 2.05) is 102 Å². The van der Waals surface area contributed by atoms with E-state index in [2.05, 4.69) is 54.0 Å². The van der Waals surface area contributed by atoms with Crippen LogP contribution in [0, 0.1) is 5.92 Å². The Morgan fingerprint density at radius 3 is 1.54 bits per heavy atom. The van der Waals surface area contributed by atoms with Crippen LogP contribution in [-0.2, 0) is 15.9 Å². The minimum absolute atomic E-state index is 0.00173. The average Bonchev–Trinajstić information content (AvgIpc) is 3.11. The van der Waals surface area contributed by atoms with Crippen molar-refractivity contribution in [2.24, 2.45) is 5.92 Å². The highest BCUT2D eigenvalue weighted by Crippen LogP contribution is 2.39. The number of nitrogens with one attached hydrogen (secondary N) is 2. The summed E-state index contributed by atoms with van der Waals surface area (Å²) >= 11 is 0. The summed E-state index contributed by atoms with van der Waals surface area (Å²) in [4.78, 5) is 24.8. The number of rotatable bonds is 13. The van der Waals surface area contributed by atoms with E-state index in [0.29, 0.717) is 17.3 Å². The Morgan fingerprint density at radius 2 is 1.09 bits per heavy atom. The van der Waals surface area contributed by atoms with Gasteiger partial charge in [-0.25, -0.2) is 9.59 Å². The van der Waals surface area contributed by atoms with Gasteiger partial charge in [-0.15, -0.1) is 0 Å². The highest BCUT2D eigenvalue weighted by Gasteiger charge is 2.23. The lowest BCUT2D eigenvalue weighted by atomic mass is 9.77. The second-order valence-corrected chi connectivity index (χ2v) is 16.8. The fourth-order valence-corrected chi connectivity index (χ4v) is 7.21. The standard InChI is InChI=1S/C47H60N2O5/c1-8-9-10-11-33-12-16-35(17-13-33)36-22-30-42(31-23-36)52-41-28-14-34(15-29-41)32-43(37-18-24-39(25-19-37)48-44(50)53-46(2,3)4)38-20-26-40(27-21-38)49-45(51)54-47(5,6)7/h14-15,18-31,33,35,43H,8-13,16-17,32H2,1-7H3,(H,48,50)(H,49,51). The van der Waals surface area contributed by atoms with Crippen molar-refractivity contribution >= 4 is 23.6 Å². The van der Waals surface area contributed by atoms with Crippen molar-refractivity contribution in [3.8, 4) is 11.5 Å². The predicted octanol–water partition coefficient (Wildman–Crippen LogP) is 13.4. The van der Waals surface area contributed by atoms with E-state index < -0.39 is 23.4 Å². The molecule has 0 saturated heterocycles. The molecule has 4 aromatic rings. The van der Waals surface area contributed by atoms with Crippen LogP contribution in [-0.4, -0.2) is 23.4 Å². The van der Waals surface area contributed by atoms with Gasteiger partial charge < -0.3 is 14.2 Å². The maximum Gasteiger partial charge on any atom is 0.412 e. The molecule has 1 aliphatic carbocycles. The van der Waals surface area contributed by atoms with Gasteiger partial charge in [0.05, 0.1) is 0 Å². The molecule has 0 heterocycles. The molecule has 1 aliphatic rings. The van der Waals surface area contributed by atoms with E-state index in [1.54, 1.807) is 0 Å². The van der Waals surface area contributed by atoms with Gasteiger partial charge in [-0.3, -0.25) is 10.6 Å². The van der Waals surface area contributed by atoms with Crippen molar-refractivity contribution in [1.82, 2.24) is 0 Å². The second-order valence-electron chi connectivity index (χ2n) is 16.8. The molecule has 2 N–H and O–H groups in total. The molecule has 0 unspecified atom stereocenters. The molecule has 54 heavy (non-hydrogen) atoms. The van der Waals surface area contributed by atoms with Crippen molar-refractivity contribution < 1.29 is 23.8 Å². The summed E-state index contributed by atoms with van der Waals surface area (Å²) in [5.41, 5.74) is 4.89. The lowest BCUT2D eigenvalue weighted by Crippen LogP contribution is -2.27. The summed E-state index contributed by atoms with van der Waals surface area (Å²) in [6.07, 6.45) is 10.5. The zero-order chi connectivity index (χ0) is 38.7. The maximum atomic E-state index is 12.4. The van der Waals surface area contributed by atoms with Crippen LogP contribution in [0.25, 0.3) is 0 Å². The molecule has 0 spiro atoms. The molecule has 0 atom stereocenters. The molecule has 0 bridgehead atoms. The molecule has 7 heteroatoms. The molecule has 0 aromatic heterocycles. The number of benzene rings is 4. The Kier molecular flexibility index (Phi) is 13.8. The van der Waals surface area contributed by atoms with Crippen LogP contribution >= 0.6 is 0 Å². The van der Waals surface area contributed by atoms with Crippen molar-refractivity contribution in [1.29, 1.82) is 0 Å². The highest BCUT2D eigenvalue weighted by molar-refractivity contribution is 5.85. The summed E-state index contributed by atoms with van der Waals surface area (Å²) in [5, 5.41) is 5.65. The number of carbonyl (C=O) groups is 2. The Hall–Kier alpha value is -4.78. The first kappa shape index (κ1) is 40.4. The van der Waals surface area contributed by atoms with Crippen LogP contribution in [0.5, 0.6) is 11.5 Å². The van der Waals surface area contributed by atoms with Gasteiger partial charge in [0.15, 0.2) is 0 Å². The van der Waals surface area contributed by atoms with Crippen LogP contribution in [0.2, 0.25) is 0 Å². The Bertz CT molecular complexity index is 1690. The molecular formula is C47H60N2O5. The third-order valence-electron chi connectivity index (χ3n) is 9.93. The molecule has 7 nitrogen and oxygen atoms in total. The normalized spacial score (nSPS) is 16.1. The Balaban J connectivity index is 1.25. The summed E-state index contributed by atoms with van der Waals surface area (Å²) in [7, 11) is 0. The largest absolute Gasteiger partial charge is 0.457 e. The first-order valence-corrected chi connectivity index (χ1v) is 19.8. The number of unbranched alkanes of at least 4 members (excludes halogenated alkanes) is 2. The molecule has 1 saturated carbocycles. The fraction of sp³-hybridized carbons (Fsp3) is 0.447. The van der Waals surface area contributed by atoms with E-state index in [1.165, 1.54) is 56.9 Å². The van der Waals surface area contributed by atoms with Crippen LogP contribution in [0.4, 0.5) is 21.0 Å². The van der Waals surface area contributed by atoms with E-state index in [0.717, 1.165) is 40.5 Å². The highest BCUT2D eigenvalue weighted by atomic mass is 16.6. The smallest absolute Gasteiger partial charge is 0.412 e. The maximum absolute atomic E-state index is 12.4. The lowest BCUT2D eigenvalue weighted by Gasteiger charge is -2.29. The summed E-state index contributed by atoms with van der Waals surface area (Å²) < 4.78 is 17.1. The molecular weight excluding hydrogens is 673 g/mol. The monoisotopic (exact) mass is 732 g/mol. The van der Waals surface area contributed by atoms with Crippen LogP contribution in [0.3, 0.4) is 0 Å². The van der Waals surface area contributed by atoms with Gasteiger partial charge >= 0.3 is 12.2 Å². The lowest BCUT2D eigenvalue weighted by molar-refractivity contribution is 0.0624. The molecule has 288 valence electrons. The van der Waals surface area contributed by atoms with Gasteiger partial charge in [0.25, 0.3) is 0 Å². The minimum Gasteiger partial charge on any atom is -0.457 e. The fourth-order valence-electron chi connectivity index (χ4n) is 7.21. The third kappa shape index (κ3) is 13.0. The van der Waals surface area contributed by atoms with Crippen LogP contribution in [0.1, 0.15) is 134 Å². The van der Waals surface area contributed by atoms with Crippen LogP contribution in [0.15, 0.2) is 97.1 Å². The van der Waals surface area contributed by atoms with E-state index in [4.69, 9.17) is 14.2 Å². The summed E-state index contributed by atoms with van der Waals surface area (Å²) in [5.74, 6) is 3.21. The molecule has 1 fully saturated rings. The number of ether oxygens (including phenoxy) is 3. The predicted molar refractivity (Wildman–Crippen MR) is 220 cm³/mol. The van der Waals surface area contributed by atoms with E-state index in [9.17, 15) is 9.59 Å². The van der Waals surface area contributed by atoms with Gasteiger partial charge in [0.2, 0.25) is 0 Å². The molecule has 4 aromatic carbocycles. The number of amides is 2. The average molecular weight is 733 g/mol. The van der Waals surface area contributed by atoms with Gasteiger partial charge in [-0.1, -0.05) is 81.1 Å². The molecule has 0 aliphatic heterocycles. The molecule has 0 radical (unpaired) electrons. The molecule has 2 amide bonds. The number of hydrogen-bond donors (Lipinski definition) is 2. The SMILES string of the molecule is CCCCCC1CCC(c2ccc(Oc3ccc(CC(c4ccc(NC(=O)OC(C)(C)C)cc4)c4ccc(NC(=O)OC(C)(C)C)cc4)cc3)cc2)CC1. The minimum atomic E-state index is -0.586. The second kappa shape index (κ2) is 18.5. The van der Waals surface area contributed by atoms with Crippen LogP contribution < -0.4 is 15.4 Å². The van der Waals surface area contributed by atoms with E-state index >= 15 is 0 Å². The molecule has 5 rings (SSSR count). The van der Waals surface area contributed by atoms with E-state index in [-0.39, 0.29) is 5.92 Å². The first-order valence-electron chi connectivity index (χ1n) is 19.8. The Labute approximate surface area is 323 Å². The third-order valence-corrected chi connectivity index (χ3v) is 9.93. The van der Waals surface area contributed by atoms with Crippen molar-refractivity contribution in [2.75, 3.05) is 10.6 Å². The van der Waals surface area contributed by atoms with Gasteiger partial charge in [-0.2, -0.15) is 0 Å². The topological polar surface area (TPSA) is 85.9 Å². The zero-order valence-electron chi connectivity index (χ0n) is 33.4. The number of hydrogen-bond acceptors (Lipinski definition) is 5. The first-order chi connectivity index (χ1) is 25.7. The quantitative estimate of drug-likeness (QED) is 0.134. The van der Waals surface area contributed by atoms with Gasteiger partial charge in [0, 0.05) is 17.3 Å². The van der Waals surface area contributed by atoms with Crippen molar-refractivity contribution in [3.63, 3.8) is 0 Å². The van der Waals surface area contributed by atoms with Crippen molar-refractivity contribution in [3.05, 3.63) is 119 Å². The van der Waals surface area contributed by atoms with Gasteiger partial charge in [0.1, 0.15) is 22.7 Å². The number of anilines is 2. The summed E-state index contributed by atoms with van der Waals surface area (Å²) in [6.45, 7) is 13.3. The number of carbonyl (C=O) groups excluding carboxylic acids is 2. The Morgan fingerprint density at radius 1 is 0.630 bits per heavy atom.